The number of carbonyl (C=O) groups excluding carboxylic acids is 2. The van der Waals surface area contributed by atoms with Crippen molar-refractivity contribution in [2.75, 3.05) is 4.90 Å². The molecule has 1 aliphatic heterocycles. The van der Waals surface area contributed by atoms with Crippen molar-refractivity contribution in [1.29, 1.82) is 0 Å². The number of halogens is 9. The van der Waals surface area contributed by atoms with Gasteiger partial charge < -0.3 is 4.74 Å². The third kappa shape index (κ3) is 5.91. The number of fused-ring (bicyclic) bond motifs is 1. The molecule has 2 aromatic carbocycles. The first kappa shape index (κ1) is 29.3. The van der Waals surface area contributed by atoms with Crippen molar-refractivity contribution in [3.05, 3.63) is 64.2 Å². The van der Waals surface area contributed by atoms with E-state index in [2.05, 4.69) is 0 Å². The van der Waals surface area contributed by atoms with E-state index >= 15 is 0 Å². The SMILES string of the molecule is CCC1C(C(=O)c2cc(C(F)(F)F)cc(C(F)(F)F)c2)c2ccc(C(F)(F)F)cc2N1C(=O)OC(C)(C)C. The van der Waals surface area contributed by atoms with Crippen LogP contribution in [0.2, 0.25) is 0 Å². The van der Waals surface area contributed by atoms with Gasteiger partial charge >= 0.3 is 24.6 Å². The van der Waals surface area contributed by atoms with Gasteiger partial charge in [-0.25, -0.2) is 4.79 Å². The van der Waals surface area contributed by atoms with Gasteiger partial charge in [0, 0.05) is 5.56 Å². The Labute approximate surface area is 211 Å². The first-order valence-corrected chi connectivity index (χ1v) is 11.2. The quantitative estimate of drug-likeness (QED) is 0.283. The molecule has 0 aliphatic carbocycles. The molecular formula is C25H22F9NO3. The number of Topliss-reactive ketones (excluding diaryl/α,β-unsaturated/α-hetero) is 1. The first-order chi connectivity index (χ1) is 17.1. The molecule has 0 radical (unpaired) electrons. The highest BCUT2D eigenvalue weighted by Crippen LogP contribution is 2.47. The number of amides is 1. The van der Waals surface area contributed by atoms with Gasteiger partial charge in [-0.1, -0.05) is 13.0 Å². The van der Waals surface area contributed by atoms with Crippen LogP contribution in [0.15, 0.2) is 36.4 Å². The first-order valence-electron chi connectivity index (χ1n) is 11.2. The molecule has 1 amide bonds. The topological polar surface area (TPSA) is 46.6 Å². The highest BCUT2D eigenvalue weighted by atomic mass is 19.4. The van der Waals surface area contributed by atoms with E-state index < -0.39 is 70.2 Å². The second-order valence-corrected chi connectivity index (χ2v) is 9.73. The lowest BCUT2D eigenvalue weighted by molar-refractivity contribution is -0.143. The fraction of sp³-hybridized carbons (Fsp3) is 0.440. The summed E-state index contributed by atoms with van der Waals surface area (Å²) < 4.78 is 126. The van der Waals surface area contributed by atoms with Crippen LogP contribution < -0.4 is 4.90 Å². The summed E-state index contributed by atoms with van der Waals surface area (Å²) >= 11 is 0. The van der Waals surface area contributed by atoms with Crippen molar-refractivity contribution < 1.29 is 53.8 Å². The lowest BCUT2D eigenvalue weighted by atomic mass is 9.85. The molecule has 2 atom stereocenters. The van der Waals surface area contributed by atoms with Gasteiger partial charge in [-0.15, -0.1) is 0 Å². The number of rotatable bonds is 3. The lowest BCUT2D eigenvalue weighted by Gasteiger charge is -2.30. The van der Waals surface area contributed by atoms with Crippen molar-refractivity contribution in [1.82, 2.24) is 0 Å². The molecule has 0 saturated heterocycles. The van der Waals surface area contributed by atoms with E-state index in [0.717, 1.165) is 11.0 Å². The summed E-state index contributed by atoms with van der Waals surface area (Å²) in [5, 5.41) is 0. The average molecular weight is 555 g/mol. The molecule has 208 valence electrons. The Morgan fingerprint density at radius 2 is 1.29 bits per heavy atom. The molecule has 13 heteroatoms. The van der Waals surface area contributed by atoms with Crippen LogP contribution in [0, 0.1) is 0 Å². The maximum atomic E-state index is 13.5. The van der Waals surface area contributed by atoms with Crippen molar-refractivity contribution in [3.63, 3.8) is 0 Å². The maximum Gasteiger partial charge on any atom is 0.416 e. The van der Waals surface area contributed by atoms with E-state index in [-0.39, 0.29) is 35.9 Å². The molecule has 0 spiro atoms. The van der Waals surface area contributed by atoms with Gasteiger partial charge in [0.2, 0.25) is 0 Å². The summed E-state index contributed by atoms with van der Waals surface area (Å²) in [6.07, 6.45) is -16.5. The molecule has 2 unspecified atom stereocenters. The van der Waals surface area contributed by atoms with Gasteiger partial charge in [0.25, 0.3) is 0 Å². The van der Waals surface area contributed by atoms with Gasteiger partial charge in [-0.05, 0) is 63.1 Å². The van der Waals surface area contributed by atoms with Crippen LogP contribution in [-0.2, 0) is 23.3 Å². The summed E-state index contributed by atoms with van der Waals surface area (Å²) in [7, 11) is 0. The second-order valence-electron chi connectivity index (χ2n) is 9.73. The van der Waals surface area contributed by atoms with Crippen LogP contribution in [0.1, 0.15) is 72.6 Å². The summed E-state index contributed by atoms with van der Waals surface area (Å²) in [6, 6.07) is 1.24. The number of nitrogens with zero attached hydrogens (tertiary/aromatic N) is 1. The van der Waals surface area contributed by atoms with E-state index in [9.17, 15) is 49.1 Å². The van der Waals surface area contributed by atoms with Gasteiger partial charge in [0.15, 0.2) is 5.78 Å². The van der Waals surface area contributed by atoms with E-state index in [1.165, 1.54) is 27.7 Å². The van der Waals surface area contributed by atoms with Gasteiger partial charge in [0.1, 0.15) is 5.60 Å². The zero-order valence-electron chi connectivity index (χ0n) is 20.4. The molecule has 0 N–H and O–H groups in total. The largest absolute Gasteiger partial charge is 0.443 e. The highest BCUT2D eigenvalue weighted by molar-refractivity contribution is 6.07. The van der Waals surface area contributed by atoms with Crippen molar-refractivity contribution >= 4 is 17.6 Å². The minimum absolute atomic E-state index is 0.0865. The zero-order chi connectivity index (χ0) is 29.0. The predicted molar refractivity (Wildman–Crippen MR) is 118 cm³/mol. The number of anilines is 1. The number of benzene rings is 2. The third-order valence-electron chi connectivity index (χ3n) is 5.83. The molecule has 0 saturated carbocycles. The van der Waals surface area contributed by atoms with Gasteiger partial charge in [-0.2, -0.15) is 39.5 Å². The standard InChI is InChI=1S/C25H22F9NO3/c1-5-17-19(20(36)12-8-14(24(29,30)31)10-15(9-12)25(32,33)34)16-7-6-13(23(26,27)28)11-18(16)35(17)21(37)38-22(2,3)4/h6-11,17,19H,5H2,1-4H3. The zero-order valence-corrected chi connectivity index (χ0v) is 20.4. The normalized spacial score (nSPS) is 18.4. The van der Waals surface area contributed by atoms with Crippen LogP contribution in [0.3, 0.4) is 0 Å². The highest BCUT2D eigenvalue weighted by Gasteiger charge is 2.48. The second kappa shape index (κ2) is 9.49. The van der Waals surface area contributed by atoms with Crippen LogP contribution in [0.25, 0.3) is 0 Å². The number of ketones is 1. The molecule has 2 aromatic rings. The fourth-order valence-electron chi connectivity index (χ4n) is 4.28. The summed E-state index contributed by atoms with van der Waals surface area (Å²) in [4.78, 5) is 27.4. The van der Waals surface area contributed by atoms with Crippen molar-refractivity contribution in [2.45, 2.75) is 70.2 Å². The molecular weight excluding hydrogens is 533 g/mol. The molecule has 0 bridgehead atoms. The van der Waals surface area contributed by atoms with Crippen molar-refractivity contribution in [2.24, 2.45) is 0 Å². The van der Waals surface area contributed by atoms with E-state index in [1.807, 2.05) is 0 Å². The lowest BCUT2D eigenvalue weighted by Crippen LogP contribution is -2.43. The Bertz CT molecular complexity index is 1210. The monoisotopic (exact) mass is 555 g/mol. The minimum atomic E-state index is -5.22. The summed E-state index contributed by atoms with van der Waals surface area (Å²) in [5.74, 6) is -2.78. The molecule has 4 nitrogen and oxygen atoms in total. The maximum absolute atomic E-state index is 13.5. The molecule has 3 rings (SSSR count). The van der Waals surface area contributed by atoms with E-state index in [1.54, 1.807) is 0 Å². The number of carbonyl (C=O) groups is 2. The van der Waals surface area contributed by atoms with Crippen LogP contribution in [-0.4, -0.2) is 23.5 Å². The third-order valence-corrected chi connectivity index (χ3v) is 5.83. The molecule has 0 aromatic heterocycles. The van der Waals surface area contributed by atoms with E-state index in [0.29, 0.717) is 12.1 Å². The smallest absolute Gasteiger partial charge is 0.416 e. The summed E-state index contributed by atoms with van der Waals surface area (Å²) in [5.41, 5.74) is -7.22. The number of ether oxygens (including phenoxy) is 1. The number of hydrogen-bond acceptors (Lipinski definition) is 3. The van der Waals surface area contributed by atoms with Crippen LogP contribution in [0.4, 0.5) is 50.0 Å². The number of alkyl halides is 9. The Morgan fingerprint density at radius 1 is 0.789 bits per heavy atom. The van der Waals surface area contributed by atoms with Crippen LogP contribution in [0.5, 0.6) is 0 Å². The average Bonchev–Trinajstić information content (AvgIpc) is 3.09. The fourth-order valence-corrected chi connectivity index (χ4v) is 4.28. The Balaban J connectivity index is 2.23. The van der Waals surface area contributed by atoms with E-state index in [4.69, 9.17) is 4.74 Å². The van der Waals surface area contributed by atoms with Crippen LogP contribution >= 0.6 is 0 Å². The summed E-state index contributed by atoms with van der Waals surface area (Å²) in [6.45, 7) is 5.92. The van der Waals surface area contributed by atoms with Gasteiger partial charge in [0.05, 0.1) is 34.3 Å². The predicted octanol–water partition coefficient (Wildman–Crippen LogP) is 8.24. The van der Waals surface area contributed by atoms with Gasteiger partial charge in [-0.3, -0.25) is 9.69 Å². The Morgan fingerprint density at radius 3 is 1.71 bits per heavy atom. The molecule has 0 fully saturated rings. The molecule has 1 heterocycles. The minimum Gasteiger partial charge on any atom is -0.443 e. The molecule has 1 aliphatic rings. The molecule has 38 heavy (non-hydrogen) atoms. The van der Waals surface area contributed by atoms with Crippen molar-refractivity contribution in [3.8, 4) is 0 Å². The number of hydrogen-bond donors (Lipinski definition) is 0. The Kier molecular flexibility index (Phi) is 7.32. The Hall–Kier alpha value is -3.25.